The van der Waals surface area contributed by atoms with Crippen molar-refractivity contribution in [1.82, 2.24) is 9.80 Å². The lowest BCUT2D eigenvalue weighted by Gasteiger charge is -2.14. The van der Waals surface area contributed by atoms with Crippen molar-refractivity contribution in [2.24, 2.45) is 0 Å². The maximum Gasteiger partial charge on any atom is 0.335 e. The maximum atomic E-state index is 11.9. The number of halogens is 2. The monoisotopic (exact) mass is 355 g/mol. The Balaban J connectivity index is 2.06. The molecule has 1 N–H and O–H groups in total. The van der Waals surface area contributed by atoms with E-state index < -0.39 is 30.3 Å². The van der Waals surface area contributed by atoms with E-state index in [1.165, 1.54) is 24.3 Å². The Labute approximate surface area is 141 Å². The minimum absolute atomic E-state index is 0.103. The van der Waals surface area contributed by atoms with Crippen LogP contribution in [0.5, 0.6) is 0 Å². The van der Waals surface area contributed by atoms with Crippen LogP contribution in [0.2, 0.25) is 10.0 Å². The number of anilines is 1. The van der Waals surface area contributed by atoms with Gasteiger partial charge < -0.3 is 5.32 Å². The van der Waals surface area contributed by atoms with Crippen LogP contribution in [0.25, 0.3) is 0 Å². The molecule has 2 rings (SSSR count). The zero-order chi connectivity index (χ0) is 17.1. The SMILES string of the molecule is C=CCN1C(=O)C(=O)N(CC(=O)Nc2ccc(Cl)c(Cl)c2)C1=O. The van der Waals surface area contributed by atoms with Crippen LogP contribution in [0.4, 0.5) is 10.5 Å². The van der Waals surface area contributed by atoms with E-state index in [-0.39, 0.29) is 11.6 Å². The van der Waals surface area contributed by atoms with E-state index in [2.05, 4.69) is 11.9 Å². The molecule has 0 unspecified atom stereocenters. The van der Waals surface area contributed by atoms with Gasteiger partial charge in [0.05, 0.1) is 10.0 Å². The van der Waals surface area contributed by atoms with Crippen LogP contribution in [-0.4, -0.2) is 46.6 Å². The highest BCUT2D eigenvalue weighted by Gasteiger charge is 2.44. The molecule has 1 fully saturated rings. The molecule has 1 heterocycles. The first-order valence-electron chi connectivity index (χ1n) is 6.38. The highest BCUT2D eigenvalue weighted by atomic mass is 35.5. The van der Waals surface area contributed by atoms with E-state index in [1.54, 1.807) is 0 Å². The Morgan fingerprint density at radius 2 is 1.78 bits per heavy atom. The first-order chi connectivity index (χ1) is 10.8. The van der Waals surface area contributed by atoms with E-state index in [0.717, 1.165) is 0 Å². The molecule has 23 heavy (non-hydrogen) atoms. The molecule has 0 saturated carbocycles. The summed E-state index contributed by atoms with van der Waals surface area (Å²) in [5.74, 6) is -2.70. The molecule has 0 atom stereocenters. The van der Waals surface area contributed by atoms with Crippen LogP contribution in [0.3, 0.4) is 0 Å². The molecular formula is C14H11Cl2N3O4. The molecule has 1 aromatic rings. The lowest BCUT2D eigenvalue weighted by molar-refractivity contribution is -0.143. The van der Waals surface area contributed by atoms with Gasteiger partial charge in [-0.3, -0.25) is 19.3 Å². The Morgan fingerprint density at radius 3 is 2.39 bits per heavy atom. The van der Waals surface area contributed by atoms with Gasteiger partial charge in [0.25, 0.3) is 0 Å². The smallest absolute Gasteiger partial charge is 0.324 e. The molecule has 1 aliphatic heterocycles. The molecule has 120 valence electrons. The molecule has 9 heteroatoms. The van der Waals surface area contributed by atoms with Gasteiger partial charge in [0.2, 0.25) is 5.91 Å². The topological polar surface area (TPSA) is 86.8 Å². The van der Waals surface area contributed by atoms with Crippen molar-refractivity contribution < 1.29 is 19.2 Å². The minimum atomic E-state index is -1.05. The first kappa shape index (κ1) is 17.0. The number of carbonyl (C=O) groups excluding carboxylic acids is 4. The number of carbonyl (C=O) groups is 4. The van der Waals surface area contributed by atoms with E-state index in [1.807, 2.05) is 0 Å². The van der Waals surface area contributed by atoms with Crippen molar-refractivity contribution in [3.8, 4) is 0 Å². The fourth-order valence-corrected chi connectivity index (χ4v) is 2.20. The van der Waals surface area contributed by atoms with Crippen LogP contribution in [0.1, 0.15) is 0 Å². The lowest BCUT2D eigenvalue weighted by Crippen LogP contribution is -2.39. The summed E-state index contributed by atoms with van der Waals surface area (Å²) in [4.78, 5) is 48.6. The van der Waals surface area contributed by atoms with Gasteiger partial charge >= 0.3 is 17.8 Å². The number of amides is 5. The van der Waals surface area contributed by atoms with Crippen LogP contribution >= 0.6 is 23.2 Å². The number of imide groups is 2. The van der Waals surface area contributed by atoms with Crippen LogP contribution in [-0.2, 0) is 14.4 Å². The zero-order valence-electron chi connectivity index (χ0n) is 11.7. The molecule has 0 spiro atoms. The Morgan fingerprint density at radius 1 is 1.13 bits per heavy atom. The Kier molecular flexibility index (Phi) is 5.02. The zero-order valence-corrected chi connectivity index (χ0v) is 13.2. The van der Waals surface area contributed by atoms with E-state index >= 15 is 0 Å². The summed E-state index contributed by atoms with van der Waals surface area (Å²) in [6.45, 7) is 2.71. The fraction of sp³-hybridized carbons (Fsp3) is 0.143. The predicted octanol–water partition coefficient (Wildman–Crippen LogP) is 1.91. The largest absolute Gasteiger partial charge is 0.335 e. The summed E-state index contributed by atoms with van der Waals surface area (Å²) < 4.78 is 0. The molecule has 7 nitrogen and oxygen atoms in total. The number of hydrogen-bond acceptors (Lipinski definition) is 4. The lowest BCUT2D eigenvalue weighted by atomic mass is 10.3. The average Bonchev–Trinajstić information content (AvgIpc) is 2.69. The summed E-state index contributed by atoms with van der Waals surface area (Å²) in [6.07, 6.45) is 1.31. The third kappa shape index (κ3) is 3.52. The molecule has 1 aliphatic rings. The second-order valence-corrected chi connectivity index (χ2v) is 5.37. The van der Waals surface area contributed by atoms with Crippen molar-refractivity contribution in [3.63, 3.8) is 0 Å². The van der Waals surface area contributed by atoms with Crippen molar-refractivity contribution in [1.29, 1.82) is 0 Å². The van der Waals surface area contributed by atoms with Crippen molar-refractivity contribution >= 4 is 52.6 Å². The number of nitrogens with zero attached hydrogens (tertiary/aromatic N) is 2. The molecular weight excluding hydrogens is 345 g/mol. The van der Waals surface area contributed by atoms with Gasteiger partial charge in [-0.25, -0.2) is 9.69 Å². The standard InChI is InChI=1S/C14H11Cl2N3O4/c1-2-5-18-12(21)13(22)19(14(18)23)7-11(20)17-8-3-4-9(15)10(16)6-8/h2-4,6H,1,5,7H2,(H,17,20). The third-order valence-corrected chi connectivity index (χ3v) is 3.69. The molecule has 0 aromatic heterocycles. The second kappa shape index (κ2) is 6.80. The summed E-state index contributed by atoms with van der Waals surface area (Å²) in [5, 5.41) is 3.02. The second-order valence-electron chi connectivity index (χ2n) is 4.56. The van der Waals surface area contributed by atoms with Crippen molar-refractivity contribution in [3.05, 3.63) is 40.9 Å². The number of rotatable bonds is 5. The van der Waals surface area contributed by atoms with E-state index in [0.29, 0.717) is 20.5 Å². The Bertz CT molecular complexity index is 720. The number of urea groups is 1. The van der Waals surface area contributed by atoms with Gasteiger partial charge in [-0.1, -0.05) is 29.3 Å². The van der Waals surface area contributed by atoms with Gasteiger partial charge in [0.1, 0.15) is 6.54 Å². The predicted molar refractivity (Wildman–Crippen MR) is 84.1 cm³/mol. The number of nitrogens with one attached hydrogen (secondary N) is 1. The highest BCUT2D eigenvalue weighted by molar-refractivity contribution is 6.45. The van der Waals surface area contributed by atoms with Crippen LogP contribution in [0.15, 0.2) is 30.9 Å². The van der Waals surface area contributed by atoms with Crippen LogP contribution in [0, 0.1) is 0 Å². The van der Waals surface area contributed by atoms with Gasteiger partial charge in [-0.05, 0) is 18.2 Å². The summed E-state index contributed by atoms with van der Waals surface area (Å²) in [7, 11) is 0. The van der Waals surface area contributed by atoms with Crippen molar-refractivity contribution in [2.75, 3.05) is 18.4 Å². The molecule has 0 aliphatic carbocycles. The third-order valence-electron chi connectivity index (χ3n) is 2.95. The quantitative estimate of drug-likeness (QED) is 0.496. The summed E-state index contributed by atoms with van der Waals surface area (Å²) in [6, 6.07) is 3.56. The van der Waals surface area contributed by atoms with Gasteiger partial charge in [-0.15, -0.1) is 6.58 Å². The van der Waals surface area contributed by atoms with E-state index in [4.69, 9.17) is 23.2 Å². The Hall–Kier alpha value is -2.38. The van der Waals surface area contributed by atoms with Gasteiger partial charge in [0, 0.05) is 12.2 Å². The van der Waals surface area contributed by atoms with E-state index in [9.17, 15) is 19.2 Å². The van der Waals surface area contributed by atoms with Gasteiger partial charge in [-0.2, -0.15) is 0 Å². The average molecular weight is 356 g/mol. The molecule has 5 amide bonds. The maximum absolute atomic E-state index is 11.9. The molecule has 0 radical (unpaired) electrons. The summed E-state index contributed by atoms with van der Waals surface area (Å²) >= 11 is 11.6. The molecule has 0 bridgehead atoms. The number of benzene rings is 1. The van der Waals surface area contributed by atoms with Crippen LogP contribution < -0.4 is 5.32 Å². The van der Waals surface area contributed by atoms with Gasteiger partial charge in [0.15, 0.2) is 0 Å². The minimum Gasteiger partial charge on any atom is -0.324 e. The molecule has 1 aromatic carbocycles. The van der Waals surface area contributed by atoms with Crippen molar-refractivity contribution in [2.45, 2.75) is 0 Å². The highest BCUT2D eigenvalue weighted by Crippen LogP contribution is 2.25. The normalized spacial score (nSPS) is 14.4. The summed E-state index contributed by atoms with van der Waals surface area (Å²) in [5.41, 5.74) is 0.345. The first-order valence-corrected chi connectivity index (χ1v) is 7.14. The number of hydrogen-bond donors (Lipinski definition) is 1. The molecule has 1 saturated heterocycles. The fourth-order valence-electron chi connectivity index (χ4n) is 1.90.